The summed E-state index contributed by atoms with van der Waals surface area (Å²) >= 11 is 0. The molecule has 0 fully saturated rings. The molecule has 0 amide bonds. The van der Waals surface area contributed by atoms with E-state index in [0.29, 0.717) is 18.5 Å². The average Bonchev–Trinajstić information content (AvgIpc) is 2.88. The number of aryl methyl sites for hydroxylation is 1. The third kappa shape index (κ3) is 2.91. The summed E-state index contributed by atoms with van der Waals surface area (Å²) < 4.78 is 1.90. The van der Waals surface area contributed by atoms with Gasteiger partial charge in [0.25, 0.3) is 0 Å². The van der Waals surface area contributed by atoms with Gasteiger partial charge in [0.2, 0.25) is 0 Å². The van der Waals surface area contributed by atoms with Gasteiger partial charge in [-0.1, -0.05) is 12.1 Å². The van der Waals surface area contributed by atoms with Crippen LogP contribution in [-0.4, -0.2) is 21.2 Å². The number of aromatic hydroxyl groups is 1. The summed E-state index contributed by atoms with van der Waals surface area (Å²) in [7, 11) is 0. The highest BCUT2D eigenvalue weighted by Gasteiger charge is 2.17. The van der Waals surface area contributed by atoms with Crippen molar-refractivity contribution in [2.45, 2.75) is 19.9 Å². The Labute approximate surface area is 111 Å². The largest absolute Gasteiger partial charge is 0.507 e. The first kappa shape index (κ1) is 13.1. The first-order valence-electron chi connectivity index (χ1n) is 6.06. The standard InChI is InChI=1S/C15H15NO3/c1-11(17)15-12(5-4-6-14(15)19)13(18)7-10-16-8-2-3-9-16/h2-6,8-9,19H,7,10H2,1H3. The molecule has 1 heterocycles. The quantitative estimate of drug-likeness (QED) is 0.838. The van der Waals surface area contributed by atoms with Crippen molar-refractivity contribution >= 4 is 11.6 Å². The highest BCUT2D eigenvalue weighted by Crippen LogP contribution is 2.22. The third-order valence-electron chi connectivity index (χ3n) is 2.96. The van der Waals surface area contributed by atoms with Gasteiger partial charge in [-0.15, -0.1) is 0 Å². The predicted molar refractivity (Wildman–Crippen MR) is 71.5 cm³/mol. The molecule has 4 nitrogen and oxygen atoms in total. The van der Waals surface area contributed by atoms with Crippen molar-refractivity contribution in [1.82, 2.24) is 4.57 Å². The van der Waals surface area contributed by atoms with Crippen LogP contribution in [0, 0.1) is 0 Å². The molecule has 0 unspecified atom stereocenters. The minimum absolute atomic E-state index is 0.111. The van der Waals surface area contributed by atoms with Crippen molar-refractivity contribution in [2.24, 2.45) is 0 Å². The van der Waals surface area contributed by atoms with E-state index in [4.69, 9.17) is 0 Å². The van der Waals surface area contributed by atoms with E-state index < -0.39 is 0 Å². The second-order valence-electron chi connectivity index (χ2n) is 4.35. The molecule has 0 radical (unpaired) electrons. The van der Waals surface area contributed by atoms with Gasteiger partial charge < -0.3 is 9.67 Å². The molecule has 0 saturated heterocycles. The van der Waals surface area contributed by atoms with Crippen molar-refractivity contribution in [3.63, 3.8) is 0 Å². The number of carbonyl (C=O) groups excluding carboxylic acids is 2. The molecule has 0 spiro atoms. The molecule has 1 aromatic carbocycles. The van der Waals surface area contributed by atoms with Gasteiger partial charge in [-0.25, -0.2) is 0 Å². The Morgan fingerprint density at radius 3 is 2.47 bits per heavy atom. The van der Waals surface area contributed by atoms with Crippen LogP contribution in [0.4, 0.5) is 0 Å². The van der Waals surface area contributed by atoms with Crippen molar-refractivity contribution in [3.05, 3.63) is 53.9 Å². The molecule has 1 N–H and O–H groups in total. The van der Waals surface area contributed by atoms with E-state index >= 15 is 0 Å². The fourth-order valence-corrected chi connectivity index (χ4v) is 2.03. The lowest BCUT2D eigenvalue weighted by atomic mass is 9.98. The van der Waals surface area contributed by atoms with Crippen molar-refractivity contribution < 1.29 is 14.7 Å². The number of aromatic nitrogens is 1. The van der Waals surface area contributed by atoms with Crippen LogP contribution in [0.1, 0.15) is 34.1 Å². The van der Waals surface area contributed by atoms with Crippen molar-refractivity contribution in [3.8, 4) is 5.75 Å². The SMILES string of the molecule is CC(=O)c1c(O)cccc1C(=O)CCn1cccc1. The fourth-order valence-electron chi connectivity index (χ4n) is 2.03. The van der Waals surface area contributed by atoms with Crippen LogP contribution in [-0.2, 0) is 6.54 Å². The summed E-state index contributed by atoms with van der Waals surface area (Å²) in [6.45, 7) is 1.90. The van der Waals surface area contributed by atoms with Gasteiger partial charge in [0, 0.05) is 30.9 Å². The molecule has 19 heavy (non-hydrogen) atoms. The maximum atomic E-state index is 12.1. The van der Waals surface area contributed by atoms with E-state index in [-0.39, 0.29) is 22.9 Å². The van der Waals surface area contributed by atoms with E-state index in [1.54, 1.807) is 12.1 Å². The summed E-state index contributed by atoms with van der Waals surface area (Å²) in [4.78, 5) is 23.6. The van der Waals surface area contributed by atoms with E-state index in [1.807, 2.05) is 29.1 Å². The molecule has 98 valence electrons. The number of carbonyl (C=O) groups is 2. The first-order valence-corrected chi connectivity index (χ1v) is 6.06. The molecule has 0 aliphatic carbocycles. The van der Waals surface area contributed by atoms with Crippen LogP contribution in [0.2, 0.25) is 0 Å². The normalized spacial score (nSPS) is 10.4. The summed E-state index contributed by atoms with van der Waals surface area (Å²) in [6, 6.07) is 8.35. The van der Waals surface area contributed by atoms with E-state index in [1.165, 1.54) is 13.0 Å². The highest BCUT2D eigenvalue weighted by atomic mass is 16.3. The van der Waals surface area contributed by atoms with Crippen LogP contribution < -0.4 is 0 Å². The van der Waals surface area contributed by atoms with Gasteiger partial charge in [0.1, 0.15) is 5.75 Å². The summed E-state index contributed by atoms with van der Waals surface area (Å²) in [5, 5.41) is 9.68. The molecular formula is C15H15NO3. The van der Waals surface area contributed by atoms with E-state index in [2.05, 4.69) is 0 Å². The number of ketones is 2. The average molecular weight is 257 g/mol. The maximum Gasteiger partial charge on any atom is 0.165 e. The molecule has 2 rings (SSSR count). The second-order valence-corrected chi connectivity index (χ2v) is 4.35. The predicted octanol–water partition coefficient (Wildman–Crippen LogP) is 2.67. The van der Waals surface area contributed by atoms with Crippen LogP contribution in [0.15, 0.2) is 42.7 Å². The molecular weight excluding hydrogens is 242 g/mol. The fraction of sp³-hybridized carbons (Fsp3) is 0.200. The van der Waals surface area contributed by atoms with Crippen LogP contribution in [0.3, 0.4) is 0 Å². The Hall–Kier alpha value is -2.36. The van der Waals surface area contributed by atoms with Gasteiger partial charge in [0.15, 0.2) is 11.6 Å². The van der Waals surface area contributed by atoms with Gasteiger partial charge >= 0.3 is 0 Å². The number of Topliss-reactive ketones (excluding diaryl/α,β-unsaturated/α-hetero) is 2. The minimum Gasteiger partial charge on any atom is -0.507 e. The Morgan fingerprint density at radius 2 is 1.84 bits per heavy atom. The summed E-state index contributed by atoms with van der Waals surface area (Å²) in [5.74, 6) is -0.587. The molecule has 0 aliphatic heterocycles. The van der Waals surface area contributed by atoms with Crippen LogP contribution in [0.5, 0.6) is 5.75 Å². The molecule has 2 aromatic rings. The first-order chi connectivity index (χ1) is 9.09. The highest BCUT2D eigenvalue weighted by molar-refractivity contribution is 6.09. The molecule has 0 saturated carbocycles. The lowest BCUT2D eigenvalue weighted by Crippen LogP contribution is -2.10. The van der Waals surface area contributed by atoms with Gasteiger partial charge in [-0.05, 0) is 25.1 Å². The number of hydrogen-bond donors (Lipinski definition) is 1. The summed E-state index contributed by atoms with van der Waals surface area (Å²) in [5.41, 5.74) is 0.402. The Balaban J connectivity index is 2.19. The summed E-state index contributed by atoms with van der Waals surface area (Å²) in [6.07, 6.45) is 4.04. The lowest BCUT2D eigenvalue weighted by Gasteiger charge is -2.08. The number of hydrogen-bond acceptors (Lipinski definition) is 3. The van der Waals surface area contributed by atoms with Gasteiger partial charge in [0.05, 0.1) is 5.56 Å². The monoisotopic (exact) mass is 257 g/mol. The number of phenolic OH excluding ortho intramolecular Hbond substituents is 1. The second kappa shape index (κ2) is 5.52. The molecule has 4 heteroatoms. The Bertz CT molecular complexity index is 600. The number of rotatable bonds is 5. The zero-order chi connectivity index (χ0) is 13.8. The smallest absolute Gasteiger partial charge is 0.165 e. The number of nitrogens with zero attached hydrogens (tertiary/aromatic N) is 1. The zero-order valence-electron chi connectivity index (χ0n) is 10.7. The third-order valence-corrected chi connectivity index (χ3v) is 2.96. The topological polar surface area (TPSA) is 59.3 Å². The minimum atomic E-state index is -0.303. The molecule has 0 bridgehead atoms. The Kier molecular flexibility index (Phi) is 3.80. The van der Waals surface area contributed by atoms with Gasteiger partial charge in [-0.3, -0.25) is 9.59 Å². The van der Waals surface area contributed by atoms with Crippen LogP contribution >= 0.6 is 0 Å². The zero-order valence-corrected chi connectivity index (χ0v) is 10.7. The molecule has 1 aromatic heterocycles. The lowest BCUT2D eigenvalue weighted by molar-refractivity contribution is 0.0956. The van der Waals surface area contributed by atoms with Crippen molar-refractivity contribution in [2.75, 3.05) is 0 Å². The maximum absolute atomic E-state index is 12.1. The van der Waals surface area contributed by atoms with Crippen molar-refractivity contribution in [1.29, 1.82) is 0 Å². The van der Waals surface area contributed by atoms with E-state index in [0.717, 1.165) is 0 Å². The Morgan fingerprint density at radius 1 is 1.16 bits per heavy atom. The number of benzene rings is 1. The van der Waals surface area contributed by atoms with Crippen LogP contribution in [0.25, 0.3) is 0 Å². The molecule has 0 aliphatic rings. The van der Waals surface area contributed by atoms with Gasteiger partial charge in [-0.2, -0.15) is 0 Å². The number of phenols is 1. The molecule has 0 atom stereocenters. The van der Waals surface area contributed by atoms with E-state index in [9.17, 15) is 14.7 Å².